The van der Waals surface area contributed by atoms with Crippen LogP contribution < -0.4 is 5.32 Å². The zero-order valence-electron chi connectivity index (χ0n) is 14.0. The van der Waals surface area contributed by atoms with Crippen LogP contribution in [0.4, 0.5) is 0 Å². The Bertz CT molecular complexity index is 735. The van der Waals surface area contributed by atoms with Crippen molar-refractivity contribution in [1.29, 1.82) is 0 Å². The van der Waals surface area contributed by atoms with Gasteiger partial charge in [-0.2, -0.15) is 0 Å². The first-order valence-electron chi connectivity index (χ1n) is 8.64. The van der Waals surface area contributed by atoms with Crippen molar-refractivity contribution in [2.75, 3.05) is 13.7 Å². The molecule has 1 aromatic heterocycles. The number of fused-ring (bicyclic) bond motifs is 1. The average Bonchev–Trinajstić information content (AvgIpc) is 2.87. The second-order valence-electron chi connectivity index (χ2n) is 7.17. The van der Waals surface area contributed by atoms with Gasteiger partial charge in [-0.1, -0.05) is 24.3 Å². The van der Waals surface area contributed by atoms with Crippen LogP contribution in [0.1, 0.15) is 35.6 Å². The molecule has 126 valence electrons. The molecule has 1 fully saturated rings. The van der Waals surface area contributed by atoms with Gasteiger partial charge in [0.2, 0.25) is 0 Å². The highest BCUT2D eigenvalue weighted by atomic mass is 79.9. The lowest BCUT2D eigenvalue weighted by molar-refractivity contribution is -0.0290. The van der Waals surface area contributed by atoms with E-state index in [2.05, 4.69) is 56.6 Å². The van der Waals surface area contributed by atoms with E-state index in [0.29, 0.717) is 6.04 Å². The number of nitrogens with zero attached hydrogens (tertiary/aromatic N) is 1. The smallest absolute Gasteiger partial charge is 0.0884 e. The van der Waals surface area contributed by atoms with E-state index in [0.717, 1.165) is 30.3 Å². The normalized spacial score (nSPS) is 28.9. The van der Waals surface area contributed by atoms with Gasteiger partial charge in [0.05, 0.1) is 6.10 Å². The molecule has 2 heterocycles. The second-order valence-corrected chi connectivity index (χ2v) is 8.09. The molecule has 1 saturated heterocycles. The summed E-state index contributed by atoms with van der Waals surface area (Å²) in [5.74, 6) is 0. The summed E-state index contributed by atoms with van der Waals surface area (Å²) in [6.07, 6.45) is 8.51. The van der Waals surface area contributed by atoms with Gasteiger partial charge >= 0.3 is 0 Å². The van der Waals surface area contributed by atoms with Gasteiger partial charge in [-0.3, -0.25) is 4.98 Å². The van der Waals surface area contributed by atoms with Crippen LogP contribution in [0.5, 0.6) is 0 Å². The summed E-state index contributed by atoms with van der Waals surface area (Å²) in [5.41, 5.74) is 4.37. The molecule has 0 amide bonds. The first-order valence-corrected chi connectivity index (χ1v) is 9.43. The third-order valence-corrected chi connectivity index (χ3v) is 6.06. The molecule has 1 aromatic carbocycles. The predicted octanol–water partition coefficient (Wildman–Crippen LogP) is 4.07. The van der Waals surface area contributed by atoms with Crippen LogP contribution in [-0.4, -0.2) is 24.7 Å². The molecule has 0 saturated carbocycles. The van der Waals surface area contributed by atoms with Crippen LogP contribution >= 0.6 is 15.9 Å². The quantitative estimate of drug-likeness (QED) is 0.862. The minimum absolute atomic E-state index is 0.221. The number of piperidine rings is 1. The molecule has 4 heteroatoms. The fourth-order valence-electron chi connectivity index (χ4n) is 4.72. The fraction of sp³-hybridized carbons (Fsp3) is 0.450. The van der Waals surface area contributed by atoms with E-state index in [1.54, 1.807) is 0 Å². The number of pyridine rings is 1. The number of nitrogens with one attached hydrogen (secondary N) is 1. The molecule has 1 N–H and O–H groups in total. The third kappa shape index (κ3) is 2.92. The van der Waals surface area contributed by atoms with Crippen molar-refractivity contribution < 1.29 is 4.74 Å². The molecule has 3 atom stereocenters. The molecule has 0 radical (unpaired) electrons. The van der Waals surface area contributed by atoms with Crippen LogP contribution in [-0.2, 0) is 17.6 Å². The van der Waals surface area contributed by atoms with Crippen molar-refractivity contribution in [3.63, 3.8) is 0 Å². The molecule has 1 aliphatic carbocycles. The minimum Gasteiger partial charge on any atom is -0.376 e. The van der Waals surface area contributed by atoms with Gasteiger partial charge in [-0.25, -0.2) is 0 Å². The van der Waals surface area contributed by atoms with Crippen molar-refractivity contribution in [1.82, 2.24) is 10.3 Å². The number of aromatic nitrogens is 1. The van der Waals surface area contributed by atoms with Crippen molar-refractivity contribution >= 4 is 15.9 Å². The van der Waals surface area contributed by atoms with Gasteiger partial charge in [-0.15, -0.1) is 0 Å². The van der Waals surface area contributed by atoms with Crippen molar-refractivity contribution in [3.8, 4) is 0 Å². The second kappa shape index (κ2) is 6.58. The summed E-state index contributed by atoms with van der Waals surface area (Å²) in [7, 11) is 1.86. The molecular formula is C20H23BrN2O. The largest absolute Gasteiger partial charge is 0.376 e. The van der Waals surface area contributed by atoms with E-state index in [4.69, 9.17) is 4.74 Å². The average molecular weight is 387 g/mol. The van der Waals surface area contributed by atoms with Crippen LogP contribution in [0.2, 0.25) is 0 Å². The minimum atomic E-state index is 0.221. The molecule has 3 unspecified atom stereocenters. The van der Waals surface area contributed by atoms with E-state index in [1.165, 1.54) is 23.1 Å². The molecule has 24 heavy (non-hydrogen) atoms. The number of hydrogen-bond acceptors (Lipinski definition) is 3. The highest BCUT2D eigenvalue weighted by molar-refractivity contribution is 9.10. The number of methoxy groups -OCH3 is 1. The van der Waals surface area contributed by atoms with E-state index in [9.17, 15) is 0 Å². The zero-order valence-corrected chi connectivity index (χ0v) is 15.6. The number of rotatable bonds is 3. The Morgan fingerprint density at radius 3 is 3.04 bits per heavy atom. The molecule has 4 rings (SSSR count). The Morgan fingerprint density at radius 1 is 1.33 bits per heavy atom. The van der Waals surface area contributed by atoms with Crippen molar-refractivity contribution in [2.45, 2.75) is 37.8 Å². The van der Waals surface area contributed by atoms with Crippen LogP contribution in [0, 0.1) is 5.41 Å². The first kappa shape index (κ1) is 16.2. The maximum atomic E-state index is 6.00. The number of halogens is 1. The van der Waals surface area contributed by atoms with E-state index < -0.39 is 0 Å². The standard InChI is InChI=1S/C20H23BrN2O/c1-24-19-18-5-3-2-4-15(18)10-20(19)6-7-23-17(11-20)9-14-8-16(21)13-22-12-14/h2-5,8,12-13,17,19,23H,6-7,9-11H2,1H3. The fourth-order valence-corrected chi connectivity index (χ4v) is 5.13. The van der Waals surface area contributed by atoms with E-state index in [1.807, 2.05) is 19.5 Å². The van der Waals surface area contributed by atoms with E-state index >= 15 is 0 Å². The number of ether oxygens (including phenoxy) is 1. The van der Waals surface area contributed by atoms with Gasteiger partial charge in [-0.05, 0) is 70.9 Å². The molecule has 2 aromatic rings. The maximum Gasteiger partial charge on any atom is 0.0884 e. The Morgan fingerprint density at radius 2 is 2.21 bits per heavy atom. The molecule has 2 aliphatic rings. The topological polar surface area (TPSA) is 34.1 Å². The monoisotopic (exact) mass is 386 g/mol. The van der Waals surface area contributed by atoms with Crippen LogP contribution in [0.25, 0.3) is 0 Å². The summed E-state index contributed by atoms with van der Waals surface area (Å²) in [5, 5.41) is 3.71. The molecule has 3 nitrogen and oxygen atoms in total. The Labute approximate surface area is 152 Å². The highest BCUT2D eigenvalue weighted by Crippen LogP contribution is 2.53. The number of benzene rings is 1. The summed E-state index contributed by atoms with van der Waals surface area (Å²) in [4.78, 5) is 4.30. The summed E-state index contributed by atoms with van der Waals surface area (Å²) in [6.45, 7) is 1.06. The predicted molar refractivity (Wildman–Crippen MR) is 99.0 cm³/mol. The van der Waals surface area contributed by atoms with Gasteiger partial charge in [0.1, 0.15) is 0 Å². The maximum absolute atomic E-state index is 6.00. The summed E-state index contributed by atoms with van der Waals surface area (Å²) >= 11 is 3.52. The van der Waals surface area contributed by atoms with Gasteiger partial charge in [0.15, 0.2) is 0 Å². The van der Waals surface area contributed by atoms with Crippen LogP contribution in [0.15, 0.2) is 47.2 Å². The summed E-state index contributed by atoms with van der Waals surface area (Å²) < 4.78 is 7.05. The SMILES string of the molecule is COC1c2ccccc2CC12CCNC(Cc1cncc(Br)c1)C2. The first-order chi connectivity index (χ1) is 11.7. The van der Waals surface area contributed by atoms with E-state index in [-0.39, 0.29) is 11.5 Å². The van der Waals surface area contributed by atoms with Crippen LogP contribution in [0.3, 0.4) is 0 Å². The van der Waals surface area contributed by atoms with Gasteiger partial charge in [0, 0.05) is 35.4 Å². The summed E-state index contributed by atoms with van der Waals surface area (Å²) in [6, 6.07) is 11.4. The van der Waals surface area contributed by atoms with Crippen molar-refractivity contribution in [2.24, 2.45) is 5.41 Å². The van der Waals surface area contributed by atoms with Crippen molar-refractivity contribution in [3.05, 3.63) is 63.9 Å². The molecule has 0 bridgehead atoms. The molecule has 1 spiro atoms. The molecular weight excluding hydrogens is 364 g/mol. The Hall–Kier alpha value is -1.23. The zero-order chi connectivity index (χ0) is 16.6. The molecule has 1 aliphatic heterocycles. The van der Waals surface area contributed by atoms with Gasteiger partial charge in [0.25, 0.3) is 0 Å². The lowest BCUT2D eigenvalue weighted by Gasteiger charge is -2.42. The lowest BCUT2D eigenvalue weighted by Crippen LogP contribution is -2.47. The lowest BCUT2D eigenvalue weighted by atomic mass is 9.71. The number of hydrogen-bond donors (Lipinski definition) is 1. The Balaban J connectivity index is 1.56. The highest BCUT2D eigenvalue weighted by Gasteiger charge is 2.48. The van der Waals surface area contributed by atoms with Gasteiger partial charge < -0.3 is 10.1 Å². The third-order valence-electron chi connectivity index (χ3n) is 5.62. The Kier molecular flexibility index (Phi) is 4.46.